The van der Waals surface area contributed by atoms with E-state index in [2.05, 4.69) is 70.9 Å². The van der Waals surface area contributed by atoms with Crippen molar-refractivity contribution in [3.05, 3.63) is 150 Å². The minimum absolute atomic E-state index is 0.0469. The molecule has 6 rings (SSSR count). The molecule has 0 aliphatic heterocycles. The summed E-state index contributed by atoms with van der Waals surface area (Å²) in [6.07, 6.45) is 0.448. The number of rotatable bonds is 12. The van der Waals surface area contributed by atoms with Gasteiger partial charge in [-0.05, 0) is 129 Å². The van der Waals surface area contributed by atoms with Gasteiger partial charge in [-0.3, -0.25) is 0 Å². The third kappa shape index (κ3) is 11.5. The number of hydrogen-bond donors (Lipinski definition) is 1. The van der Waals surface area contributed by atoms with Crippen LogP contribution in [0, 0.1) is 38.6 Å². The fraction of sp³-hybridized carbons (Fsp3) is 0.348. The zero-order valence-corrected chi connectivity index (χ0v) is 39.7. The van der Waals surface area contributed by atoms with Gasteiger partial charge >= 0.3 is 0 Å². The summed E-state index contributed by atoms with van der Waals surface area (Å²) < 4.78 is 33.3. The lowest BCUT2D eigenvalue weighted by atomic mass is 9.92. The summed E-state index contributed by atoms with van der Waals surface area (Å²) in [5.41, 5.74) is 6.25. The molecule has 0 saturated carbocycles. The van der Waals surface area contributed by atoms with Gasteiger partial charge in [0.05, 0.1) is 35.4 Å². The predicted molar refractivity (Wildman–Crippen MR) is 248 cm³/mol. The van der Waals surface area contributed by atoms with Gasteiger partial charge in [0, 0.05) is 23.0 Å². The first kappa shape index (κ1) is 47.6. The summed E-state index contributed by atoms with van der Waals surface area (Å²) in [7, 11) is -2.03. The molecule has 1 N–H and O–H groups in total. The molecule has 0 aliphatic carbocycles. The van der Waals surface area contributed by atoms with Gasteiger partial charge in [0.1, 0.15) is 31.7 Å². The zero-order chi connectivity index (χ0) is 44.8. The highest BCUT2D eigenvalue weighted by Gasteiger charge is 2.40. The summed E-state index contributed by atoms with van der Waals surface area (Å²) in [5.74, 6) is -0.891. The van der Waals surface area contributed by atoms with Crippen LogP contribution in [0.2, 0.25) is 28.2 Å². The van der Waals surface area contributed by atoms with Crippen LogP contribution in [0.25, 0.3) is 30.8 Å². The highest BCUT2D eigenvalue weighted by Crippen LogP contribution is 2.42. The van der Waals surface area contributed by atoms with Crippen molar-refractivity contribution in [2.75, 3.05) is 0 Å². The maximum Gasteiger partial charge on any atom is 0.205 e. The summed E-state index contributed by atoms with van der Waals surface area (Å²) in [6.45, 7) is 33.3. The molecule has 2 heterocycles. The molecule has 0 amide bonds. The van der Waals surface area contributed by atoms with Crippen LogP contribution in [0.5, 0.6) is 0 Å². The van der Waals surface area contributed by atoms with Gasteiger partial charge in [-0.1, -0.05) is 90.9 Å². The predicted octanol–water partition coefficient (Wildman–Crippen LogP) is 14.2. The Morgan fingerprint density at radius 1 is 0.689 bits per heavy atom. The molecule has 0 unspecified atom stereocenters. The molecule has 15 heteroatoms. The van der Waals surface area contributed by atoms with Crippen LogP contribution in [0.1, 0.15) is 78.7 Å². The second-order valence-corrected chi connectivity index (χ2v) is 24.0. The van der Waals surface area contributed by atoms with Crippen LogP contribution in [-0.2, 0) is 17.3 Å². The summed E-state index contributed by atoms with van der Waals surface area (Å²) in [6, 6.07) is 19.7. The van der Waals surface area contributed by atoms with Crippen molar-refractivity contribution in [1.82, 2.24) is 20.4 Å². The van der Waals surface area contributed by atoms with E-state index in [-0.39, 0.29) is 34.6 Å². The first-order valence-corrected chi connectivity index (χ1v) is 24.9. The van der Waals surface area contributed by atoms with Gasteiger partial charge < -0.3 is 9.53 Å². The summed E-state index contributed by atoms with van der Waals surface area (Å²) in [4.78, 5) is 6.92. The van der Waals surface area contributed by atoms with E-state index in [9.17, 15) is 13.9 Å². The van der Waals surface area contributed by atoms with Gasteiger partial charge in [-0.25, -0.2) is 18.5 Å². The van der Waals surface area contributed by atoms with Crippen LogP contribution in [0.4, 0.5) is 20.2 Å². The number of benzene rings is 4. The van der Waals surface area contributed by atoms with Crippen LogP contribution < -0.4 is 0 Å². The first-order valence-electron chi connectivity index (χ1n) is 19.6. The first-order chi connectivity index (χ1) is 28.7. The normalized spacial score (nSPS) is 13.6. The molecule has 4 atom stereocenters. The molecule has 0 bridgehead atoms. The Morgan fingerprint density at radius 2 is 1.08 bits per heavy atom. The van der Waals surface area contributed by atoms with Crippen molar-refractivity contribution in [2.24, 2.45) is 0 Å². The quantitative estimate of drug-likeness (QED) is 0.0971. The van der Waals surface area contributed by atoms with Crippen LogP contribution >= 0.6 is 45.9 Å². The van der Waals surface area contributed by atoms with E-state index in [1.807, 2.05) is 26.0 Å². The molecule has 2 aromatic heterocycles. The Hall–Kier alpha value is -4.44. The molecular weight excluding hydrogens is 870 g/mol. The Balaban J connectivity index is 0.000000237. The molecule has 318 valence electrons. The Bertz CT molecular complexity index is 2550. The molecule has 4 aromatic carbocycles. The van der Waals surface area contributed by atoms with Crippen LogP contribution in [0.3, 0.4) is 0 Å². The number of aliphatic hydroxyl groups excluding tert-OH is 1. The largest absolute Gasteiger partial charge is 0.414 e. The average molecular weight is 918 g/mol. The Kier molecular flexibility index (Phi) is 15.7. The Labute approximate surface area is 376 Å². The molecule has 61 heavy (non-hydrogen) atoms. The number of hydrogen-bond acceptors (Lipinski definition) is 8. The van der Waals surface area contributed by atoms with Gasteiger partial charge in [-0.15, -0.1) is 20.4 Å². The molecule has 0 aliphatic rings. The minimum atomic E-state index is -2.03. The maximum absolute atomic E-state index is 13.4. The lowest BCUT2D eigenvalue weighted by molar-refractivity contribution is 0.161. The molecule has 0 radical (unpaired) electrons. The van der Waals surface area contributed by atoms with Crippen LogP contribution in [0.15, 0.2) is 72.8 Å². The molecule has 6 aromatic rings. The van der Waals surface area contributed by atoms with Crippen molar-refractivity contribution >= 4 is 65.6 Å². The standard InChI is InChI=1S/C26H31ClFN3OSSi.C20H17ClFN3OS/c1-16-19(11-14-22(29-6)23(16)27)15-21(17(2)32-34(7,8)26(3,4)5)25-31-30-24(33-25)18-9-12-20(28)13-10-18;1-11-14(6-9-17(23-3)18(11)21)10-16(12(2)26)20-25-24-19(27-20)13-4-7-15(22)8-5-13/h9-14,17,21H,15H2,1-5,7-8H3;4-9,12,16,26H,10H2,1-2H3/t17-,21-;12-,16-/m11/s1. The van der Waals surface area contributed by atoms with E-state index in [1.54, 1.807) is 43.3 Å². The van der Waals surface area contributed by atoms with Crippen molar-refractivity contribution in [1.29, 1.82) is 0 Å². The fourth-order valence-electron chi connectivity index (χ4n) is 6.34. The second-order valence-electron chi connectivity index (χ2n) is 16.4. The molecule has 0 fully saturated rings. The van der Waals surface area contributed by atoms with Gasteiger partial charge in [-0.2, -0.15) is 0 Å². The fourth-order valence-corrected chi connectivity index (χ4v) is 10.3. The van der Waals surface area contributed by atoms with Gasteiger partial charge in [0.25, 0.3) is 0 Å². The van der Waals surface area contributed by atoms with Gasteiger partial charge in [0.2, 0.25) is 11.4 Å². The molecule has 0 spiro atoms. The van der Waals surface area contributed by atoms with Crippen molar-refractivity contribution < 1.29 is 18.3 Å². The maximum atomic E-state index is 13.4. The van der Waals surface area contributed by atoms with E-state index in [1.165, 1.54) is 46.9 Å². The SMILES string of the molecule is [C-]#[N+]c1ccc(C[C@@H](c2nnc(-c3ccc(F)cc3)s2)[C@@H](C)O)c(C)c1Cl.[C-]#[N+]c1ccc(C[C@@H](c2nnc(-c3ccc(F)cc3)s2)[C@@H](C)O[Si](C)(C)C(C)(C)C)c(C)c1Cl. The molecule has 0 saturated heterocycles. The molecule has 8 nitrogen and oxygen atoms in total. The highest BCUT2D eigenvalue weighted by atomic mass is 35.5. The monoisotopic (exact) mass is 916 g/mol. The van der Waals surface area contributed by atoms with Crippen molar-refractivity contribution in [3.63, 3.8) is 0 Å². The Morgan fingerprint density at radius 3 is 1.46 bits per heavy atom. The van der Waals surface area contributed by atoms with Crippen LogP contribution in [-0.4, -0.2) is 46.0 Å². The van der Waals surface area contributed by atoms with E-state index in [0.29, 0.717) is 44.3 Å². The zero-order valence-electron chi connectivity index (χ0n) is 35.5. The summed E-state index contributed by atoms with van der Waals surface area (Å²) in [5, 5.41) is 31.7. The van der Waals surface area contributed by atoms with Crippen molar-refractivity contribution in [2.45, 2.75) is 103 Å². The number of aromatic nitrogens is 4. The van der Waals surface area contributed by atoms with E-state index < -0.39 is 14.4 Å². The third-order valence-electron chi connectivity index (χ3n) is 11.2. The third-order valence-corrected chi connectivity index (χ3v) is 18.9. The average Bonchev–Trinajstić information content (AvgIpc) is 3.90. The lowest BCUT2D eigenvalue weighted by Crippen LogP contribution is -2.44. The van der Waals surface area contributed by atoms with E-state index in [4.69, 9.17) is 40.8 Å². The topological polar surface area (TPSA) is 89.7 Å². The minimum Gasteiger partial charge on any atom is -0.414 e. The summed E-state index contributed by atoms with van der Waals surface area (Å²) >= 11 is 15.6. The molecular formula is C46H48Cl2F2N6O2S2Si. The second kappa shape index (κ2) is 20.2. The van der Waals surface area contributed by atoms with Gasteiger partial charge in [0.15, 0.2) is 8.32 Å². The number of nitrogens with zero attached hydrogens (tertiary/aromatic N) is 6. The lowest BCUT2D eigenvalue weighted by Gasteiger charge is -2.40. The number of aliphatic hydroxyl groups is 1. The van der Waals surface area contributed by atoms with E-state index >= 15 is 0 Å². The smallest absolute Gasteiger partial charge is 0.205 e. The highest BCUT2D eigenvalue weighted by molar-refractivity contribution is 7.15. The van der Waals surface area contributed by atoms with Crippen molar-refractivity contribution in [3.8, 4) is 21.1 Å². The number of halogens is 4. The van der Waals surface area contributed by atoms with E-state index in [0.717, 1.165) is 43.4 Å².